The van der Waals surface area contributed by atoms with Crippen molar-refractivity contribution in [2.75, 3.05) is 26.4 Å². The number of rotatable bonds is 35. The highest BCUT2D eigenvalue weighted by Gasteiger charge is 2.27. The van der Waals surface area contributed by atoms with Crippen molar-refractivity contribution in [3.05, 3.63) is 12.2 Å². The fourth-order valence-electron chi connectivity index (χ4n) is 4.99. The van der Waals surface area contributed by atoms with Crippen LogP contribution in [0, 0.1) is 0 Å². The molecule has 0 aromatic heterocycles. The minimum absolute atomic E-state index is 0.185. The van der Waals surface area contributed by atoms with Gasteiger partial charge in [0.05, 0.1) is 19.8 Å². The lowest BCUT2D eigenvalue weighted by Crippen LogP contribution is -2.29. The highest BCUT2D eigenvalue weighted by molar-refractivity contribution is 7.47. The lowest BCUT2D eigenvalue weighted by molar-refractivity contribution is -0.161. The molecule has 0 spiro atoms. The van der Waals surface area contributed by atoms with Crippen LogP contribution in [0.3, 0.4) is 0 Å². The van der Waals surface area contributed by atoms with Crippen molar-refractivity contribution in [2.24, 2.45) is 0 Å². The van der Waals surface area contributed by atoms with Gasteiger partial charge < -0.3 is 24.6 Å². The molecule has 0 amide bonds. The predicted octanol–water partition coefficient (Wildman–Crippen LogP) is 8.89. The van der Waals surface area contributed by atoms with Crippen molar-refractivity contribution in [3.8, 4) is 0 Å². The van der Waals surface area contributed by atoms with E-state index >= 15 is 0 Å². The van der Waals surface area contributed by atoms with E-state index < -0.39 is 51.8 Å². The number of phosphoric ester groups is 1. The largest absolute Gasteiger partial charge is 0.472 e. The Morgan fingerprint density at radius 3 is 1.53 bits per heavy atom. The van der Waals surface area contributed by atoms with E-state index in [0.717, 1.165) is 44.9 Å². The van der Waals surface area contributed by atoms with Crippen LogP contribution in [0.25, 0.3) is 0 Å². The molecular formula is C36H69O10P. The van der Waals surface area contributed by atoms with E-state index in [1.807, 2.05) is 0 Å². The lowest BCUT2D eigenvalue weighted by atomic mass is 10.1. The Morgan fingerprint density at radius 2 is 1.04 bits per heavy atom. The molecule has 0 aliphatic rings. The molecule has 278 valence electrons. The standard InChI is InChI=1S/C36H69O10P/c1-3-5-7-9-10-11-12-13-14-15-16-17-18-19-20-21-22-24-26-28-36(40)46-34(31-43-35(39)27-25-23-8-6-4-2)32-45-47(41,42)44-30-33(38)29-37/h13-14,33-34,37-38H,3-12,15-32H2,1-2H3,(H,41,42)/b14-13-. The number of phosphoric acid groups is 1. The molecule has 0 saturated carbocycles. The first-order valence-corrected chi connectivity index (χ1v) is 20.1. The molecule has 0 bridgehead atoms. The van der Waals surface area contributed by atoms with Crippen molar-refractivity contribution in [2.45, 2.75) is 180 Å². The Kier molecular flexibility index (Phi) is 32.3. The number of hydrogen-bond donors (Lipinski definition) is 3. The van der Waals surface area contributed by atoms with Gasteiger partial charge in [-0.15, -0.1) is 0 Å². The topological polar surface area (TPSA) is 149 Å². The summed E-state index contributed by atoms with van der Waals surface area (Å²) >= 11 is 0. The third-order valence-corrected chi connectivity index (χ3v) is 8.87. The van der Waals surface area contributed by atoms with Crippen LogP contribution in [0.4, 0.5) is 0 Å². The van der Waals surface area contributed by atoms with Crippen LogP contribution >= 0.6 is 7.82 Å². The van der Waals surface area contributed by atoms with Gasteiger partial charge in [0.2, 0.25) is 0 Å². The molecule has 0 aromatic carbocycles. The van der Waals surface area contributed by atoms with Crippen LogP contribution in [0.15, 0.2) is 12.2 Å². The van der Waals surface area contributed by atoms with Gasteiger partial charge in [0.15, 0.2) is 6.10 Å². The number of esters is 2. The molecule has 47 heavy (non-hydrogen) atoms. The van der Waals surface area contributed by atoms with Gasteiger partial charge in [-0.05, 0) is 38.5 Å². The number of aliphatic hydroxyl groups is 2. The summed E-state index contributed by atoms with van der Waals surface area (Å²) in [6.45, 7) is 2.26. The average Bonchev–Trinajstić information content (AvgIpc) is 3.05. The lowest BCUT2D eigenvalue weighted by Gasteiger charge is -2.20. The van der Waals surface area contributed by atoms with E-state index in [2.05, 4.69) is 30.5 Å². The quantitative estimate of drug-likeness (QED) is 0.0254. The molecule has 0 heterocycles. The summed E-state index contributed by atoms with van der Waals surface area (Å²) in [6.07, 6.45) is 28.0. The van der Waals surface area contributed by atoms with E-state index in [1.54, 1.807) is 0 Å². The van der Waals surface area contributed by atoms with Crippen molar-refractivity contribution < 1.29 is 47.8 Å². The van der Waals surface area contributed by atoms with Crippen molar-refractivity contribution >= 4 is 19.8 Å². The molecule has 0 radical (unpaired) electrons. The second-order valence-electron chi connectivity index (χ2n) is 12.6. The molecule has 10 nitrogen and oxygen atoms in total. The van der Waals surface area contributed by atoms with Gasteiger partial charge in [0.25, 0.3) is 0 Å². The first-order chi connectivity index (χ1) is 22.7. The second-order valence-corrected chi connectivity index (χ2v) is 14.1. The summed E-state index contributed by atoms with van der Waals surface area (Å²) in [6, 6.07) is 0. The van der Waals surface area contributed by atoms with Crippen LogP contribution in [0.1, 0.15) is 168 Å². The first-order valence-electron chi connectivity index (χ1n) is 18.6. The zero-order valence-corrected chi connectivity index (χ0v) is 30.6. The molecule has 3 N–H and O–H groups in total. The fourth-order valence-corrected chi connectivity index (χ4v) is 5.78. The van der Waals surface area contributed by atoms with E-state index in [0.29, 0.717) is 12.8 Å². The van der Waals surface area contributed by atoms with E-state index in [-0.39, 0.29) is 19.4 Å². The van der Waals surface area contributed by atoms with Gasteiger partial charge in [-0.2, -0.15) is 0 Å². The van der Waals surface area contributed by atoms with Crippen molar-refractivity contribution in [3.63, 3.8) is 0 Å². The molecule has 0 aliphatic carbocycles. The van der Waals surface area contributed by atoms with Crippen LogP contribution in [-0.2, 0) is 32.7 Å². The summed E-state index contributed by atoms with van der Waals surface area (Å²) in [5.41, 5.74) is 0. The first kappa shape index (κ1) is 45.7. The number of unbranched alkanes of at least 4 members (excludes halogenated alkanes) is 19. The maximum Gasteiger partial charge on any atom is 0.472 e. The summed E-state index contributed by atoms with van der Waals surface area (Å²) in [5, 5.41) is 18.2. The Morgan fingerprint density at radius 1 is 0.617 bits per heavy atom. The predicted molar refractivity (Wildman–Crippen MR) is 187 cm³/mol. The van der Waals surface area contributed by atoms with Crippen LogP contribution in [0.2, 0.25) is 0 Å². The molecule has 0 fully saturated rings. The molecule has 0 aliphatic heterocycles. The minimum Gasteiger partial charge on any atom is -0.462 e. The van der Waals surface area contributed by atoms with Crippen LogP contribution in [-0.4, -0.2) is 65.7 Å². The molecule has 0 aromatic rings. The maximum absolute atomic E-state index is 12.5. The monoisotopic (exact) mass is 692 g/mol. The van der Waals surface area contributed by atoms with E-state index in [4.69, 9.17) is 19.1 Å². The number of ether oxygens (including phenoxy) is 2. The van der Waals surface area contributed by atoms with Gasteiger partial charge in [-0.3, -0.25) is 18.6 Å². The number of carbonyl (C=O) groups is 2. The molecule has 3 unspecified atom stereocenters. The van der Waals surface area contributed by atoms with Gasteiger partial charge >= 0.3 is 19.8 Å². The number of allylic oxidation sites excluding steroid dienone is 2. The third-order valence-electron chi connectivity index (χ3n) is 7.92. The smallest absolute Gasteiger partial charge is 0.462 e. The van der Waals surface area contributed by atoms with Gasteiger partial charge in [0, 0.05) is 12.8 Å². The Bertz CT molecular complexity index is 807. The molecule has 0 rings (SSSR count). The summed E-state index contributed by atoms with van der Waals surface area (Å²) in [5.74, 6) is -0.938. The average molecular weight is 693 g/mol. The highest BCUT2D eigenvalue weighted by atomic mass is 31.2. The fraction of sp³-hybridized carbons (Fsp3) is 0.889. The molecule has 11 heteroatoms. The summed E-state index contributed by atoms with van der Waals surface area (Å²) in [4.78, 5) is 34.5. The summed E-state index contributed by atoms with van der Waals surface area (Å²) in [7, 11) is -4.60. The Hall–Kier alpha value is -1.29. The number of hydrogen-bond acceptors (Lipinski definition) is 9. The van der Waals surface area contributed by atoms with Crippen molar-refractivity contribution in [1.82, 2.24) is 0 Å². The van der Waals surface area contributed by atoms with Crippen molar-refractivity contribution in [1.29, 1.82) is 0 Å². The normalized spacial score (nSPS) is 14.2. The number of carbonyl (C=O) groups excluding carboxylic acids is 2. The van der Waals surface area contributed by atoms with E-state index in [1.165, 1.54) is 83.5 Å². The third kappa shape index (κ3) is 33.0. The SMILES string of the molecule is CCCCCCCC/C=C\CCCCCCCCCCCC(=O)OC(COC(=O)CCCCCCC)COP(=O)(O)OCC(O)CO. The summed E-state index contributed by atoms with van der Waals surface area (Å²) < 4.78 is 32.3. The zero-order valence-electron chi connectivity index (χ0n) is 29.8. The van der Waals surface area contributed by atoms with Gasteiger partial charge in [0.1, 0.15) is 12.7 Å². The Balaban J connectivity index is 4.17. The molecule has 3 atom stereocenters. The van der Waals surface area contributed by atoms with Crippen LogP contribution < -0.4 is 0 Å². The van der Waals surface area contributed by atoms with Crippen LogP contribution in [0.5, 0.6) is 0 Å². The number of aliphatic hydroxyl groups excluding tert-OH is 2. The minimum atomic E-state index is -4.60. The van der Waals surface area contributed by atoms with Gasteiger partial charge in [-0.25, -0.2) is 4.57 Å². The maximum atomic E-state index is 12.5. The Labute approximate surface area is 286 Å². The molecule has 0 saturated heterocycles. The van der Waals surface area contributed by atoms with Gasteiger partial charge in [-0.1, -0.05) is 129 Å². The highest BCUT2D eigenvalue weighted by Crippen LogP contribution is 2.43. The zero-order chi connectivity index (χ0) is 34.9. The molecular weight excluding hydrogens is 623 g/mol. The second kappa shape index (κ2) is 33.2. The van der Waals surface area contributed by atoms with E-state index in [9.17, 15) is 24.2 Å².